The van der Waals surface area contributed by atoms with E-state index in [1.54, 1.807) is 0 Å². The average Bonchev–Trinajstić information content (AvgIpc) is 2.30. The molecule has 0 saturated heterocycles. The maximum absolute atomic E-state index is 5.88. The number of nitrogens with one attached hydrogen (secondary N) is 1. The van der Waals surface area contributed by atoms with Gasteiger partial charge in [-0.3, -0.25) is 0 Å². The van der Waals surface area contributed by atoms with E-state index in [4.69, 9.17) is 5.73 Å². The van der Waals surface area contributed by atoms with E-state index >= 15 is 0 Å². The lowest BCUT2D eigenvalue weighted by Crippen LogP contribution is -2.47. The van der Waals surface area contributed by atoms with Crippen LogP contribution in [0.25, 0.3) is 0 Å². The number of hydrogen-bond acceptors (Lipinski definition) is 2. The van der Waals surface area contributed by atoms with Crippen LogP contribution in [0.3, 0.4) is 0 Å². The van der Waals surface area contributed by atoms with Crippen molar-refractivity contribution in [2.24, 2.45) is 11.7 Å². The van der Waals surface area contributed by atoms with Crippen molar-refractivity contribution in [3.63, 3.8) is 0 Å². The van der Waals surface area contributed by atoms with Gasteiger partial charge in [0.15, 0.2) is 0 Å². The molecule has 0 amide bonds. The van der Waals surface area contributed by atoms with Gasteiger partial charge in [0.05, 0.1) is 0 Å². The predicted octanol–water partition coefficient (Wildman–Crippen LogP) is 2.67. The fourth-order valence-electron chi connectivity index (χ4n) is 2.83. The normalized spacial score (nSPS) is 20.8. The van der Waals surface area contributed by atoms with Gasteiger partial charge in [-0.15, -0.1) is 0 Å². The lowest BCUT2D eigenvalue weighted by molar-refractivity contribution is 0.272. The predicted molar refractivity (Wildman–Crippen MR) is 66.9 cm³/mol. The van der Waals surface area contributed by atoms with E-state index in [0.717, 1.165) is 18.5 Å². The van der Waals surface area contributed by atoms with Crippen molar-refractivity contribution >= 4 is 0 Å². The summed E-state index contributed by atoms with van der Waals surface area (Å²) >= 11 is 0. The minimum atomic E-state index is 0.545. The van der Waals surface area contributed by atoms with E-state index in [-0.39, 0.29) is 0 Å². The molecule has 0 bridgehead atoms. The summed E-state index contributed by atoms with van der Waals surface area (Å²) in [6, 6.07) is 1.29. The van der Waals surface area contributed by atoms with Crippen LogP contribution in [0.15, 0.2) is 0 Å². The van der Waals surface area contributed by atoms with Gasteiger partial charge in [0, 0.05) is 18.6 Å². The zero-order valence-corrected chi connectivity index (χ0v) is 10.5. The summed E-state index contributed by atoms with van der Waals surface area (Å²) in [6.07, 6.45) is 9.44. The largest absolute Gasteiger partial charge is 0.329 e. The first kappa shape index (κ1) is 13.0. The van der Waals surface area contributed by atoms with E-state index < -0.39 is 0 Å². The molecule has 1 atom stereocenters. The van der Waals surface area contributed by atoms with Crippen LogP contribution < -0.4 is 11.1 Å². The lowest BCUT2D eigenvalue weighted by Gasteiger charge is -2.32. The highest BCUT2D eigenvalue weighted by Gasteiger charge is 2.21. The Morgan fingerprint density at radius 2 is 1.73 bits per heavy atom. The molecular weight excluding hydrogens is 184 g/mol. The van der Waals surface area contributed by atoms with Crippen molar-refractivity contribution in [3.8, 4) is 0 Å². The fraction of sp³-hybridized carbons (Fsp3) is 1.00. The summed E-state index contributed by atoms with van der Waals surface area (Å²) in [4.78, 5) is 0. The molecule has 1 aliphatic rings. The molecule has 2 heteroatoms. The van der Waals surface area contributed by atoms with Gasteiger partial charge < -0.3 is 11.1 Å². The molecule has 90 valence electrons. The van der Waals surface area contributed by atoms with Gasteiger partial charge in [0.1, 0.15) is 0 Å². The van der Waals surface area contributed by atoms with Crippen molar-refractivity contribution in [3.05, 3.63) is 0 Å². The molecule has 0 heterocycles. The van der Waals surface area contributed by atoms with Crippen molar-refractivity contribution < 1.29 is 0 Å². The maximum Gasteiger partial charge on any atom is 0.0220 e. The Morgan fingerprint density at radius 1 is 1.13 bits per heavy atom. The third kappa shape index (κ3) is 4.12. The van der Waals surface area contributed by atoms with Crippen LogP contribution in [0, 0.1) is 5.92 Å². The fourth-order valence-corrected chi connectivity index (χ4v) is 2.83. The van der Waals surface area contributed by atoms with E-state index in [2.05, 4.69) is 19.2 Å². The molecule has 1 aliphatic carbocycles. The van der Waals surface area contributed by atoms with Crippen LogP contribution in [-0.2, 0) is 0 Å². The molecule has 0 aromatic heterocycles. The molecule has 0 spiro atoms. The van der Waals surface area contributed by atoms with Crippen LogP contribution in [0.4, 0.5) is 0 Å². The molecule has 0 aromatic carbocycles. The maximum atomic E-state index is 5.88. The molecule has 1 rings (SSSR count). The lowest BCUT2D eigenvalue weighted by atomic mass is 9.90. The van der Waals surface area contributed by atoms with Gasteiger partial charge in [0.2, 0.25) is 0 Å². The van der Waals surface area contributed by atoms with Crippen LogP contribution >= 0.6 is 0 Å². The van der Waals surface area contributed by atoms with Crippen LogP contribution in [0.5, 0.6) is 0 Å². The van der Waals surface area contributed by atoms with Gasteiger partial charge in [-0.1, -0.05) is 46.0 Å². The highest BCUT2D eigenvalue weighted by atomic mass is 15.0. The van der Waals surface area contributed by atoms with Crippen molar-refractivity contribution in [1.82, 2.24) is 5.32 Å². The van der Waals surface area contributed by atoms with Crippen LogP contribution in [0.1, 0.15) is 58.8 Å². The second-order valence-electron chi connectivity index (χ2n) is 4.92. The summed E-state index contributed by atoms with van der Waals surface area (Å²) in [6.45, 7) is 5.35. The summed E-state index contributed by atoms with van der Waals surface area (Å²) < 4.78 is 0. The number of rotatable bonds is 6. The first-order chi connectivity index (χ1) is 7.31. The Hall–Kier alpha value is -0.0800. The molecule has 0 radical (unpaired) electrons. The molecule has 0 aromatic rings. The molecule has 2 nitrogen and oxygen atoms in total. The topological polar surface area (TPSA) is 38.0 Å². The molecule has 1 fully saturated rings. The number of hydrogen-bond donors (Lipinski definition) is 2. The van der Waals surface area contributed by atoms with Crippen LogP contribution in [0.2, 0.25) is 0 Å². The second-order valence-corrected chi connectivity index (χ2v) is 4.92. The molecule has 1 unspecified atom stereocenters. The first-order valence-corrected chi connectivity index (χ1v) is 6.77. The Morgan fingerprint density at radius 3 is 2.20 bits per heavy atom. The SMILES string of the molecule is CCC(CC)C(CN)NC1CCCCC1. The summed E-state index contributed by atoms with van der Waals surface area (Å²) in [5, 5.41) is 3.78. The smallest absolute Gasteiger partial charge is 0.0220 e. The summed E-state index contributed by atoms with van der Waals surface area (Å²) in [5.74, 6) is 0.761. The van der Waals surface area contributed by atoms with Crippen LogP contribution in [-0.4, -0.2) is 18.6 Å². The monoisotopic (exact) mass is 212 g/mol. The average molecular weight is 212 g/mol. The molecule has 15 heavy (non-hydrogen) atoms. The van der Waals surface area contributed by atoms with E-state index in [0.29, 0.717) is 6.04 Å². The number of nitrogens with two attached hydrogens (primary N) is 1. The van der Waals surface area contributed by atoms with E-state index in [9.17, 15) is 0 Å². The molecule has 3 N–H and O–H groups in total. The molecule has 1 saturated carbocycles. The highest BCUT2D eigenvalue weighted by molar-refractivity contribution is 4.81. The van der Waals surface area contributed by atoms with Gasteiger partial charge in [-0.05, 0) is 18.8 Å². The quantitative estimate of drug-likeness (QED) is 0.710. The Kier molecular flexibility index (Phi) is 6.26. The van der Waals surface area contributed by atoms with Crippen molar-refractivity contribution in [2.45, 2.75) is 70.9 Å². The van der Waals surface area contributed by atoms with Gasteiger partial charge in [0.25, 0.3) is 0 Å². The first-order valence-electron chi connectivity index (χ1n) is 6.77. The van der Waals surface area contributed by atoms with Gasteiger partial charge >= 0.3 is 0 Å². The Bertz CT molecular complexity index is 149. The molecule has 0 aliphatic heterocycles. The highest BCUT2D eigenvalue weighted by Crippen LogP contribution is 2.20. The standard InChI is InChI=1S/C13H28N2/c1-3-11(4-2)13(10-14)15-12-8-6-5-7-9-12/h11-13,15H,3-10,14H2,1-2H3. The summed E-state index contributed by atoms with van der Waals surface area (Å²) in [7, 11) is 0. The van der Waals surface area contributed by atoms with Gasteiger partial charge in [-0.25, -0.2) is 0 Å². The van der Waals surface area contributed by atoms with E-state index in [1.165, 1.54) is 44.9 Å². The van der Waals surface area contributed by atoms with Gasteiger partial charge in [-0.2, -0.15) is 0 Å². The summed E-state index contributed by atoms with van der Waals surface area (Å²) in [5.41, 5.74) is 5.88. The Labute approximate surface area is 95.0 Å². The van der Waals surface area contributed by atoms with E-state index in [1.807, 2.05) is 0 Å². The zero-order chi connectivity index (χ0) is 11.1. The van der Waals surface area contributed by atoms with Crippen molar-refractivity contribution in [2.75, 3.05) is 6.54 Å². The molecular formula is C13H28N2. The third-order valence-electron chi connectivity index (χ3n) is 3.93. The zero-order valence-electron chi connectivity index (χ0n) is 10.5. The minimum Gasteiger partial charge on any atom is -0.329 e. The Balaban J connectivity index is 2.36. The minimum absolute atomic E-state index is 0.545. The second kappa shape index (κ2) is 7.24. The third-order valence-corrected chi connectivity index (χ3v) is 3.93. The van der Waals surface area contributed by atoms with Crippen molar-refractivity contribution in [1.29, 1.82) is 0 Å².